The Labute approximate surface area is 110 Å². The van der Waals surface area contributed by atoms with Gasteiger partial charge in [0.1, 0.15) is 0 Å². The van der Waals surface area contributed by atoms with E-state index in [9.17, 15) is 5.11 Å². The summed E-state index contributed by atoms with van der Waals surface area (Å²) >= 11 is 0. The largest absolute Gasteiger partial charge is 0.387 e. The summed E-state index contributed by atoms with van der Waals surface area (Å²) in [6, 6.07) is 9.90. The molecule has 1 aromatic carbocycles. The van der Waals surface area contributed by atoms with Gasteiger partial charge in [0.25, 0.3) is 0 Å². The van der Waals surface area contributed by atoms with Crippen LogP contribution in [0.15, 0.2) is 30.3 Å². The van der Waals surface area contributed by atoms with Gasteiger partial charge in [0.15, 0.2) is 0 Å². The Morgan fingerprint density at radius 3 is 2.56 bits per heavy atom. The first-order valence-corrected chi connectivity index (χ1v) is 6.89. The summed E-state index contributed by atoms with van der Waals surface area (Å²) in [5.41, 5.74) is 1.01. The van der Waals surface area contributed by atoms with Gasteiger partial charge in [-0.25, -0.2) is 0 Å². The summed E-state index contributed by atoms with van der Waals surface area (Å²) < 4.78 is 0. The fourth-order valence-corrected chi connectivity index (χ4v) is 2.49. The van der Waals surface area contributed by atoms with Crippen LogP contribution in [0.2, 0.25) is 0 Å². The number of nitrogens with zero attached hydrogens (tertiary/aromatic N) is 2. The fourth-order valence-electron chi connectivity index (χ4n) is 2.49. The van der Waals surface area contributed by atoms with E-state index in [2.05, 4.69) is 16.8 Å². The summed E-state index contributed by atoms with van der Waals surface area (Å²) in [4.78, 5) is 4.72. The molecule has 1 fully saturated rings. The Kier molecular flexibility index (Phi) is 5.17. The molecular weight excluding hydrogens is 224 g/mol. The average Bonchev–Trinajstić information content (AvgIpc) is 2.90. The molecule has 100 valence electrons. The first-order chi connectivity index (χ1) is 8.75. The molecule has 0 aliphatic carbocycles. The maximum Gasteiger partial charge on any atom is 0.0916 e. The molecule has 1 N–H and O–H groups in total. The highest BCUT2D eigenvalue weighted by Crippen LogP contribution is 2.13. The average molecular weight is 248 g/mol. The van der Waals surface area contributed by atoms with E-state index >= 15 is 0 Å². The van der Waals surface area contributed by atoms with Gasteiger partial charge in [-0.15, -0.1) is 0 Å². The predicted octanol–water partition coefficient (Wildman–Crippen LogP) is 1.75. The van der Waals surface area contributed by atoms with Crippen molar-refractivity contribution >= 4 is 0 Å². The molecule has 3 heteroatoms. The Morgan fingerprint density at radius 2 is 1.89 bits per heavy atom. The summed E-state index contributed by atoms with van der Waals surface area (Å²) in [6.07, 6.45) is 2.31. The van der Waals surface area contributed by atoms with Crippen LogP contribution in [0.1, 0.15) is 24.5 Å². The lowest BCUT2D eigenvalue weighted by Gasteiger charge is -2.23. The number of likely N-dealkylation sites (N-methyl/N-ethyl adjacent to an activating group) is 1. The van der Waals surface area contributed by atoms with Crippen molar-refractivity contribution in [1.29, 1.82) is 0 Å². The molecule has 1 aromatic rings. The summed E-state index contributed by atoms with van der Waals surface area (Å²) in [5, 5.41) is 10.1. The van der Waals surface area contributed by atoms with Gasteiger partial charge in [-0.3, -0.25) is 0 Å². The molecule has 0 spiro atoms. The van der Waals surface area contributed by atoms with Gasteiger partial charge < -0.3 is 14.9 Å². The van der Waals surface area contributed by atoms with Crippen molar-refractivity contribution in [2.45, 2.75) is 18.9 Å². The maximum absolute atomic E-state index is 10.1. The molecular formula is C15H24N2O. The molecule has 1 atom stereocenters. The molecule has 1 aliphatic heterocycles. The maximum atomic E-state index is 10.1. The number of benzene rings is 1. The van der Waals surface area contributed by atoms with Crippen LogP contribution < -0.4 is 0 Å². The van der Waals surface area contributed by atoms with E-state index in [4.69, 9.17) is 0 Å². The second-order valence-corrected chi connectivity index (χ2v) is 5.24. The lowest BCUT2D eigenvalue weighted by Crippen LogP contribution is -2.33. The summed E-state index contributed by atoms with van der Waals surface area (Å²) in [5.74, 6) is 0. The van der Waals surface area contributed by atoms with Gasteiger partial charge in [-0.2, -0.15) is 0 Å². The molecule has 18 heavy (non-hydrogen) atoms. The van der Waals surface area contributed by atoms with Crippen LogP contribution >= 0.6 is 0 Å². The topological polar surface area (TPSA) is 26.7 Å². The van der Waals surface area contributed by atoms with Gasteiger partial charge in [0.2, 0.25) is 0 Å². The minimum atomic E-state index is -0.380. The molecule has 0 radical (unpaired) electrons. The van der Waals surface area contributed by atoms with Crippen LogP contribution in [0.25, 0.3) is 0 Å². The van der Waals surface area contributed by atoms with E-state index in [1.54, 1.807) is 0 Å². The SMILES string of the molecule is CN(CCN1CCCC1)CC(O)c1ccccc1. The molecule has 1 heterocycles. The highest BCUT2D eigenvalue weighted by atomic mass is 16.3. The second-order valence-electron chi connectivity index (χ2n) is 5.24. The lowest BCUT2D eigenvalue weighted by atomic mass is 10.1. The zero-order valence-electron chi connectivity index (χ0n) is 11.3. The van der Waals surface area contributed by atoms with E-state index < -0.39 is 0 Å². The molecule has 3 nitrogen and oxygen atoms in total. The molecule has 2 rings (SSSR count). The molecule has 1 unspecified atom stereocenters. The van der Waals surface area contributed by atoms with Gasteiger partial charge in [0.05, 0.1) is 6.10 Å². The number of likely N-dealkylation sites (tertiary alicyclic amines) is 1. The highest BCUT2D eigenvalue weighted by Gasteiger charge is 2.14. The van der Waals surface area contributed by atoms with Crippen LogP contribution in [-0.4, -0.2) is 54.7 Å². The quantitative estimate of drug-likeness (QED) is 0.831. The monoisotopic (exact) mass is 248 g/mol. The zero-order valence-corrected chi connectivity index (χ0v) is 11.3. The number of aliphatic hydroxyl groups excluding tert-OH is 1. The first kappa shape index (κ1) is 13.5. The van der Waals surface area contributed by atoms with Crippen molar-refractivity contribution in [3.63, 3.8) is 0 Å². The molecule has 0 amide bonds. The van der Waals surface area contributed by atoms with Gasteiger partial charge >= 0.3 is 0 Å². The second kappa shape index (κ2) is 6.88. The van der Waals surface area contributed by atoms with Crippen molar-refractivity contribution in [1.82, 2.24) is 9.80 Å². The predicted molar refractivity (Wildman–Crippen MR) is 74.6 cm³/mol. The molecule has 1 saturated heterocycles. The fraction of sp³-hybridized carbons (Fsp3) is 0.600. The van der Waals surface area contributed by atoms with E-state index in [0.29, 0.717) is 6.54 Å². The standard InChI is InChI=1S/C15H24N2O/c1-16(11-12-17-9-5-6-10-17)13-15(18)14-7-3-2-4-8-14/h2-4,7-8,15,18H,5-6,9-13H2,1H3. The first-order valence-electron chi connectivity index (χ1n) is 6.89. The van der Waals surface area contributed by atoms with Gasteiger partial charge in [0, 0.05) is 19.6 Å². The van der Waals surface area contributed by atoms with Crippen LogP contribution in [0.3, 0.4) is 0 Å². The van der Waals surface area contributed by atoms with Crippen LogP contribution in [0, 0.1) is 0 Å². The Morgan fingerprint density at radius 1 is 1.22 bits per heavy atom. The van der Waals surface area contributed by atoms with E-state index in [1.165, 1.54) is 25.9 Å². The molecule has 0 aromatic heterocycles. The summed E-state index contributed by atoms with van der Waals surface area (Å²) in [7, 11) is 2.09. The smallest absolute Gasteiger partial charge is 0.0916 e. The number of hydrogen-bond acceptors (Lipinski definition) is 3. The Balaban J connectivity index is 1.71. The third-order valence-corrected chi connectivity index (χ3v) is 3.67. The third kappa shape index (κ3) is 4.09. The van der Waals surface area contributed by atoms with Crippen molar-refractivity contribution in [3.8, 4) is 0 Å². The van der Waals surface area contributed by atoms with Crippen molar-refractivity contribution in [2.24, 2.45) is 0 Å². The Bertz CT molecular complexity index is 336. The minimum absolute atomic E-state index is 0.380. The highest BCUT2D eigenvalue weighted by molar-refractivity contribution is 5.17. The van der Waals surface area contributed by atoms with Crippen LogP contribution in [-0.2, 0) is 0 Å². The minimum Gasteiger partial charge on any atom is -0.387 e. The van der Waals surface area contributed by atoms with Crippen molar-refractivity contribution < 1.29 is 5.11 Å². The summed E-state index contributed by atoms with van der Waals surface area (Å²) in [6.45, 7) is 5.35. The van der Waals surface area contributed by atoms with E-state index in [0.717, 1.165) is 18.7 Å². The van der Waals surface area contributed by atoms with Gasteiger partial charge in [-0.1, -0.05) is 30.3 Å². The lowest BCUT2D eigenvalue weighted by molar-refractivity contribution is 0.121. The number of hydrogen-bond donors (Lipinski definition) is 1. The van der Waals surface area contributed by atoms with Crippen molar-refractivity contribution in [3.05, 3.63) is 35.9 Å². The zero-order chi connectivity index (χ0) is 12.8. The molecule has 1 aliphatic rings. The van der Waals surface area contributed by atoms with E-state index in [-0.39, 0.29) is 6.10 Å². The number of rotatable bonds is 6. The van der Waals surface area contributed by atoms with Crippen LogP contribution in [0.4, 0.5) is 0 Å². The molecule has 0 saturated carbocycles. The van der Waals surface area contributed by atoms with Gasteiger partial charge in [-0.05, 0) is 38.5 Å². The Hall–Kier alpha value is -0.900. The van der Waals surface area contributed by atoms with Crippen LogP contribution in [0.5, 0.6) is 0 Å². The normalized spacial score (nSPS) is 18.4. The van der Waals surface area contributed by atoms with E-state index in [1.807, 2.05) is 30.3 Å². The molecule has 0 bridgehead atoms. The van der Waals surface area contributed by atoms with Crippen molar-refractivity contribution in [2.75, 3.05) is 39.8 Å². The number of aliphatic hydroxyl groups is 1. The third-order valence-electron chi connectivity index (χ3n) is 3.67.